The van der Waals surface area contributed by atoms with E-state index in [4.69, 9.17) is 10.2 Å². The van der Waals surface area contributed by atoms with Gasteiger partial charge < -0.3 is 24.8 Å². The molecule has 0 aliphatic carbocycles. The number of aryl methyl sites for hydroxylation is 1. The lowest BCUT2D eigenvalue weighted by atomic mass is 10.1. The smallest absolute Gasteiger partial charge is 0.341 e. The Kier molecular flexibility index (Phi) is 6.46. The molecule has 0 aliphatic heterocycles. The number of methoxy groups -OCH3 is 1. The highest BCUT2D eigenvalue weighted by Crippen LogP contribution is 2.15. The molecule has 0 spiro atoms. The summed E-state index contributed by atoms with van der Waals surface area (Å²) in [6, 6.07) is 10.8. The van der Waals surface area contributed by atoms with Crippen LogP contribution in [-0.2, 0) is 29.0 Å². The van der Waals surface area contributed by atoms with Crippen molar-refractivity contribution in [3.8, 4) is 0 Å². The highest BCUT2D eigenvalue weighted by Gasteiger charge is 2.18. The van der Waals surface area contributed by atoms with Crippen LogP contribution >= 0.6 is 0 Å². The fourth-order valence-electron chi connectivity index (χ4n) is 2.96. The molecule has 0 aliphatic rings. The third-order valence-corrected chi connectivity index (χ3v) is 4.47. The van der Waals surface area contributed by atoms with E-state index >= 15 is 0 Å². The molecule has 0 bridgehead atoms. The van der Waals surface area contributed by atoms with Crippen LogP contribution < -0.4 is 11.1 Å². The van der Waals surface area contributed by atoms with Crippen molar-refractivity contribution in [3.05, 3.63) is 77.3 Å². The van der Waals surface area contributed by atoms with E-state index in [1.165, 1.54) is 12.7 Å². The Hall–Kier alpha value is -3.39. The van der Waals surface area contributed by atoms with Gasteiger partial charge in [-0.1, -0.05) is 30.3 Å². The van der Waals surface area contributed by atoms with Gasteiger partial charge in [-0.3, -0.25) is 4.79 Å². The van der Waals surface area contributed by atoms with E-state index in [1.54, 1.807) is 19.3 Å². The summed E-state index contributed by atoms with van der Waals surface area (Å²) in [4.78, 5) is 28.2. The van der Waals surface area contributed by atoms with Gasteiger partial charge in [-0.15, -0.1) is 0 Å². The Morgan fingerprint density at radius 2 is 2.07 bits per heavy atom. The van der Waals surface area contributed by atoms with Crippen LogP contribution in [0.2, 0.25) is 0 Å². The maximum absolute atomic E-state index is 12.3. The largest absolute Gasteiger partial charge is 0.465 e. The minimum absolute atomic E-state index is 0.132. The first-order chi connectivity index (χ1) is 14.0. The van der Waals surface area contributed by atoms with Crippen molar-refractivity contribution in [2.24, 2.45) is 5.73 Å². The number of hydrogen-bond acceptors (Lipinski definition) is 6. The summed E-state index contributed by atoms with van der Waals surface area (Å²) in [5.74, 6) is 0.0906. The first-order valence-corrected chi connectivity index (χ1v) is 9.21. The number of carbonyl (C=O) groups excluding carboxylic acids is 2. The minimum Gasteiger partial charge on any atom is -0.465 e. The van der Waals surface area contributed by atoms with Gasteiger partial charge in [0.25, 0.3) is 0 Å². The molecule has 2 aromatic heterocycles. The molecule has 0 unspecified atom stereocenters. The second-order valence-corrected chi connectivity index (χ2v) is 6.73. The second kappa shape index (κ2) is 9.20. The van der Waals surface area contributed by atoms with Crippen LogP contribution in [0.3, 0.4) is 0 Å². The number of carbonyl (C=O) groups is 2. The van der Waals surface area contributed by atoms with Crippen molar-refractivity contribution in [2.45, 2.75) is 32.5 Å². The number of furan rings is 1. The molecule has 29 heavy (non-hydrogen) atoms. The zero-order valence-electron chi connectivity index (χ0n) is 16.4. The number of nitrogens with zero attached hydrogens (tertiary/aromatic N) is 2. The summed E-state index contributed by atoms with van der Waals surface area (Å²) >= 11 is 0. The highest BCUT2D eigenvalue weighted by molar-refractivity contribution is 5.90. The van der Waals surface area contributed by atoms with Crippen molar-refractivity contribution >= 4 is 11.9 Å². The second-order valence-electron chi connectivity index (χ2n) is 6.73. The Labute approximate surface area is 168 Å². The molecule has 2 heterocycles. The summed E-state index contributed by atoms with van der Waals surface area (Å²) in [6.45, 7) is 2.50. The van der Waals surface area contributed by atoms with E-state index in [1.807, 2.05) is 41.1 Å². The fraction of sp³-hybridized carbons (Fsp3) is 0.286. The van der Waals surface area contributed by atoms with Crippen molar-refractivity contribution in [1.82, 2.24) is 14.9 Å². The number of esters is 1. The summed E-state index contributed by atoms with van der Waals surface area (Å²) in [7, 11) is 1.30. The zero-order chi connectivity index (χ0) is 20.8. The van der Waals surface area contributed by atoms with Gasteiger partial charge in [-0.2, -0.15) is 0 Å². The van der Waals surface area contributed by atoms with Gasteiger partial charge in [0.1, 0.15) is 17.1 Å². The number of benzene rings is 1. The van der Waals surface area contributed by atoms with Gasteiger partial charge >= 0.3 is 5.97 Å². The predicted octanol–water partition coefficient (Wildman–Crippen LogP) is 1.81. The molecule has 3 N–H and O–H groups in total. The maximum Gasteiger partial charge on any atom is 0.341 e. The van der Waals surface area contributed by atoms with Crippen LogP contribution in [0.15, 0.2) is 53.3 Å². The fourth-order valence-corrected chi connectivity index (χ4v) is 2.96. The van der Waals surface area contributed by atoms with Gasteiger partial charge in [0.05, 0.1) is 31.7 Å². The molecule has 0 saturated heterocycles. The number of nitrogens with two attached hydrogens (primary N) is 1. The van der Waals surface area contributed by atoms with E-state index in [0.29, 0.717) is 30.0 Å². The van der Waals surface area contributed by atoms with Crippen molar-refractivity contribution in [3.63, 3.8) is 0 Å². The number of imidazole rings is 1. The number of aromatic nitrogens is 2. The molecule has 1 amide bonds. The minimum atomic E-state index is -0.744. The van der Waals surface area contributed by atoms with Gasteiger partial charge in [-0.25, -0.2) is 9.78 Å². The summed E-state index contributed by atoms with van der Waals surface area (Å²) in [5, 5.41) is 2.72. The van der Waals surface area contributed by atoms with Crippen LogP contribution in [0.5, 0.6) is 0 Å². The quantitative estimate of drug-likeness (QED) is 0.562. The number of nitrogens with one attached hydrogen (secondary N) is 1. The Balaban J connectivity index is 1.51. The van der Waals surface area contributed by atoms with Gasteiger partial charge in [-0.05, 0) is 18.6 Å². The summed E-state index contributed by atoms with van der Waals surface area (Å²) < 4.78 is 12.1. The van der Waals surface area contributed by atoms with Gasteiger partial charge in [0.15, 0.2) is 0 Å². The van der Waals surface area contributed by atoms with Crippen LogP contribution in [0.25, 0.3) is 0 Å². The van der Waals surface area contributed by atoms with E-state index in [-0.39, 0.29) is 12.5 Å². The van der Waals surface area contributed by atoms with Gasteiger partial charge in [0.2, 0.25) is 5.91 Å². The van der Waals surface area contributed by atoms with E-state index < -0.39 is 12.0 Å². The first-order valence-electron chi connectivity index (χ1n) is 9.21. The molecule has 0 saturated carbocycles. The highest BCUT2D eigenvalue weighted by atomic mass is 16.5. The molecule has 152 valence electrons. The molecule has 1 aromatic carbocycles. The molecule has 3 aromatic rings. The molecule has 8 nitrogen and oxygen atoms in total. The molecular formula is C21H24N4O4. The lowest BCUT2D eigenvalue weighted by molar-refractivity contribution is -0.122. The van der Waals surface area contributed by atoms with Crippen LogP contribution in [0.4, 0.5) is 0 Å². The van der Waals surface area contributed by atoms with Crippen LogP contribution in [0, 0.1) is 6.92 Å². The zero-order valence-corrected chi connectivity index (χ0v) is 16.4. The van der Waals surface area contributed by atoms with E-state index in [2.05, 4.69) is 15.0 Å². The predicted molar refractivity (Wildman–Crippen MR) is 106 cm³/mol. The average molecular weight is 396 g/mol. The molecule has 0 radical (unpaired) electrons. The van der Waals surface area contributed by atoms with Crippen molar-refractivity contribution in [1.29, 1.82) is 0 Å². The summed E-state index contributed by atoms with van der Waals surface area (Å²) in [5.41, 5.74) is 8.26. The number of rotatable bonds is 8. The Morgan fingerprint density at radius 3 is 2.79 bits per heavy atom. The SMILES string of the molecule is COC(=O)c1cc(CNC(=O)[C@@H](N)Cc2cn(Cc3ccccc3)cn2)oc1C. The van der Waals surface area contributed by atoms with Crippen molar-refractivity contribution < 1.29 is 18.7 Å². The Bertz CT molecular complexity index is 978. The number of amides is 1. The van der Waals surface area contributed by atoms with Gasteiger partial charge in [0, 0.05) is 19.2 Å². The molecule has 0 fully saturated rings. The molecule has 8 heteroatoms. The number of hydrogen-bond donors (Lipinski definition) is 2. The lowest BCUT2D eigenvalue weighted by Gasteiger charge is -2.10. The van der Waals surface area contributed by atoms with Crippen molar-refractivity contribution in [2.75, 3.05) is 7.11 Å². The topological polar surface area (TPSA) is 112 Å². The van der Waals surface area contributed by atoms with Crippen LogP contribution in [-0.4, -0.2) is 34.6 Å². The van der Waals surface area contributed by atoms with Crippen LogP contribution in [0.1, 0.15) is 33.1 Å². The van der Waals surface area contributed by atoms with E-state index in [9.17, 15) is 9.59 Å². The standard InChI is InChI=1S/C21H24N4O4/c1-14-18(21(27)28-2)9-17(29-14)10-23-20(26)19(22)8-16-12-25(13-24-16)11-15-6-4-3-5-7-15/h3-7,9,12-13,19H,8,10-11,22H2,1-2H3,(H,23,26)/t19-/m0/s1. The maximum atomic E-state index is 12.3. The van der Waals surface area contributed by atoms with E-state index in [0.717, 1.165) is 5.69 Å². The third kappa shape index (κ3) is 5.32. The molecule has 1 atom stereocenters. The molecular weight excluding hydrogens is 372 g/mol. The normalized spacial score (nSPS) is 11.8. The number of ether oxygens (including phenoxy) is 1. The monoisotopic (exact) mass is 396 g/mol. The Morgan fingerprint density at radius 1 is 1.31 bits per heavy atom. The molecule has 3 rings (SSSR count). The first kappa shape index (κ1) is 20.3. The lowest BCUT2D eigenvalue weighted by Crippen LogP contribution is -2.41. The summed E-state index contributed by atoms with van der Waals surface area (Å²) in [6.07, 6.45) is 3.93. The third-order valence-electron chi connectivity index (χ3n) is 4.47. The average Bonchev–Trinajstić information content (AvgIpc) is 3.32.